The predicted octanol–water partition coefficient (Wildman–Crippen LogP) is 3.58. The van der Waals surface area contributed by atoms with Gasteiger partial charge in [0.1, 0.15) is 5.69 Å². The lowest BCUT2D eigenvalue weighted by Gasteiger charge is -2.07. The second-order valence-corrected chi connectivity index (χ2v) is 4.61. The van der Waals surface area contributed by atoms with Crippen LogP contribution in [0, 0.1) is 3.57 Å². The number of para-hydroxylation sites is 1. The zero-order valence-electron chi connectivity index (χ0n) is 9.06. The molecule has 7 heteroatoms. The van der Waals surface area contributed by atoms with Crippen LogP contribution in [0.15, 0.2) is 18.2 Å². The Kier molecular flexibility index (Phi) is 3.26. The van der Waals surface area contributed by atoms with E-state index in [-0.39, 0.29) is 11.2 Å². The van der Waals surface area contributed by atoms with Gasteiger partial charge >= 0.3 is 12.1 Å². The topological polar surface area (TPSA) is 42.1 Å². The Morgan fingerprint density at radius 1 is 1.39 bits per heavy atom. The number of aromatic amines is 1. The number of ether oxygens (including phenoxy) is 1. The number of alkyl halides is 3. The van der Waals surface area contributed by atoms with E-state index >= 15 is 0 Å². The molecule has 1 aromatic heterocycles. The smallest absolute Gasteiger partial charge is 0.418 e. The molecule has 18 heavy (non-hydrogen) atoms. The van der Waals surface area contributed by atoms with Gasteiger partial charge in [0.25, 0.3) is 0 Å². The first-order chi connectivity index (χ1) is 8.36. The fraction of sp³-hybridized carbons (Fsp3) is 0.182. The number of esters is 1. The van der Waals surface area contributed by atoms with Gasteiger partial charge < -0.3 is 9.72 Å². The van der Waals surface area contributed by atoms with Crippen molar-refractivity contribution in [3.05, 3.63) is 33.0 Å². The highest BCUT2D eigenvalue weighted by Crippen LogP contribution is 2.36. The zero-order chi connectivity index (χ0) is 13.5. The van der Waals surface area contributed by atoms with Crippen molar-refractivity contribution in [2.75, 3.05) is 7.11 Å². The van der Waals surface area contributed by atoms with E-state index in [9.17, 15) is 18.0 Å². The van der Waals surface area contributed by atoms with Gasteiger partial charge in [-0.25, -0.2) is 4.79 Å². The number of carbonyl (C=O) groups is 1. The number of rotatable bonds is 1. The largest absolute Gasteiger partial charge is 0.464 e. The number of benzene rings is 1. The number of hydrogen-bond acceptors (Lipinski definition) is 2. The van der Waals surface area contributed by atoms with E-state index in [1.165, 1.54) is 19.2 Å². The van der Waals surface area contributed by atoms with Crippen LogP contribution in [-0.4, -0.2) is 18.1 Å². The maximum Gasteiger partial charge on any atom is 0.418 e. The lowest BCUT2D eigenvalue weighted by molar-refractivity contribution is -0.136. The van der Waals surface area contributed by atoms with Crippen molar-refractivity contribution < 1.29 is 22.7 Å². The molecule has 0 aliphatic rings. The second-order valence-electron chi connectivity index (χ2n) is 3.53. The van der Waals surface area contributed by atoms with E-state index < -0.39 is 17.7 Å². The Balaban J connectivity index is 2.76. The highest BCUT2D eigenvalue weighted by atomic mass is 127. The molecule has 1 heterocycles. The van der Waals surface area contributed by atoms with Crippen LogP contribution >= 0.6 is 22.6 Å². The molecule has 0 radical (unpaired) electrons. The molecule has 0 aliphatic carbocycles. The number of fused-ring (bicyclic) bond motifs is 1. The minimum atomic E-state index is -4.47. The Bertz CT molecular complexity index is 619. The molecule has 1 aromatic carbocycles. The van der Waals surface area contributed by atoms with Gasteiger partial charge in [-0.15, -0.1) is 0 Å². The van der Waals surface area contributed by atoms with Crippen molar-refractivity contribution in [3.63, 3.8) is 0 Å². The first-order valence-corrected chi connectivity index (χ1v) is 5.90. The Hall–Kier alpha value is -1.25. The third kappa shape index (κ3) is 2.06. The van der Waals surface area contributed by atoms with Crippen molar-refractivity contribution in [3.8, 4) is 0 Å². The lowest BCUT2D eigenvalue weighted by Crippen LogP contribution is -2.06. The molecule has 0 amide bonds. The fourth-order valence-electron chi connectivity index (χ4n) is 1.66. The molecule has 2 rings (SSSR count). The monoisotopic (exact) mass is 369 g/mol. The Labute approximate surface area is 113 Å². The summed E-state index contributed by atoms with van der Waals surface area (Å²) >= 11 is 1.82. The van der Waals surface area contributed by atoms with Gasteiger partial charge in [-0.05, 0) is 28.7 Å². The van der Waals surface area contributed by atoms with Gasteiger partial charge in [0, 0.05) is 5.39 Å². The maximum absolute atomic E-state index is 12.8. The summed E-state index contributed by atoms with van der Waals surface area (Å²) in [6.45, 7) is 0. The second kappa shape index (κ2) is 4.45. The molecule has 2 aromatic rings. The summed E-state index contributed by atoms with van der Waals surface area (Å²) in [6.07, 6.45) is -4.47. The van der Waals surface area contributed by atoms with Gasteiger partial charge in [-0.2, -0.15) is 13.2 Å². The summed E-state index contributed by atoms with van der Waals surface area (Å²) in [7, 11) is 1.18. The van der Waals surface area contributed by atoms with Crippen LogP contribution in [0.2, 0.25) is 0 Å². The summed E-state index contributed by atoms with van der Waals surface area (Å²) in [5.41, 5.74) is -0.868. The van der Waals surface area contributed by atoms with Crippen molar-refractivity contribution in [1.82, 2.24) is 4.98 Å². The number of methoxy groups -OCH3 is 1. The van der Waals surface area contributed by atoms with E-state index in [4.69, 9.17) is 0 Å². The average Bonchev–Trinajstić information content (AvgIpc) is 2.65. The number of hydrogen-bond donors (Lipinski definition) is 1. The number of nitrogens with one attached hydrogen (secondary N) is 1. The normalized spacial score (nSPS) is 11.8. The average molecular weight is 369 g/mol. The molecule has 1 N–H and O–H groups in total. The van der Waals surface area contributed by atoms with E-state index in [1.807, 2.05) is 22.6 Å². The molecule has 0 saturated carbocycles. The molecule has 0 saturated heterocycles. The third-order valence-electron chi connectivity index (χ3n) is 2.47. The number of H-pyrrole nitrogens is 1. The molecule has 0 fully saturated rings. The van der Waals surface area contributed by atoms with Gasteiger partial charge in [0.05, 0.1) is 21.8 Å². The number of aromatic nitrogens is 1. The first kappa shape index (κ1) is 13.2. The molecular weight excluding hydrogens is 362 g/mol. The summed E-state index contributed by atoms with van der Waals surface area (Å²) in [4.78, 5) is 13.9. The highest BCUT2D eigenvalue weighted by molar-refractivity contribution is 14.1. The van der Waals surface area contributed by atoms with Gasteiger partial charge in [-0.1, -0.05) is 12.1 Å². The molecule has 0 spiro atoms. The Morgan fingerprint density at radius 2 is 2.06 bits per heavy atom. The summed E-state index contributed by atoms with van der Waals surface area (Å²) < 4.78 is 43.3. The first-order valence-electron chi connectivity index (χ1n) is 4.82. The predicted molar refractivity (Wildman–Crippen MR) is 67.4 cm³/mol. The van der Waals surface area contributed by atoms with E-state index in [0.29, 0.717) is 8.96 Å². The lowest BCUT2D eigenvalue weighted by atomic mass is 10.1. The molecule has 0 unspecified atom stereocenters. The van der Waals surface area contributed by atoms with Crippen LogP contribution in [0.1, 0.15) is 16.1 Å². The van der Waals surface area contributed by atoms with Crippen molar-refractivity contribution in [2.45, 2.75) is 6.18 Å². The van der Waals surface area contributed by atoms with Crippen LogP contribution < -0.4 is 0 Å². The third-order valence-corrected chi connectivity index (χ3v) is 3.59. The van der Waals surface area contributed by atoms with Crippen molar-refractivity contribution in [1.29, 1.82) is 0 Å². The summed E-state index contributed by atoms with van der Waals surface area (Å²) in [5, 5.41) is 0.353. The highest BCUT2D eigenvalue weighted by Gasteiger charge is 2.34. The fourth-order valence-corrected chi connectivity index (χ4v) is 2.47. The van der Waals surface area contributed by atoms with Gasteiger partial charge in [-0.3, -0.25) is 0 Å². The molecule has 0 atom stereocenters. The summed E-state index contributed by atoms with van der Waals surface area (Å²) in [6, 6.07) is 3.80. The van der Waals surface area contributed by atoms with Crippen molar-refractivity contribution in [2.24, 2.45) is 0 Å². The molecule has 0 bridgehead atoms. The van der Waals surface area contributed by atoms with E-state index in [2.05, 4.69) is 9.72 Å². The van der Waals surface area contributed by atoms with Crippen LogP contribution in [0.4, 0.5) is 13.2 Å². The minimum Gasteiger partial charge on any atom is -0.464 e. The quantitative estimate of drug-likeness (QED) is 0.617. The van der Waals surface area contributed by atoms with Crippen LogP contribution in [-0.2, 0) is 10.9 Å². The van der Waals surface area contributed by atoms with E-state index in [0.717, 1.165) is 6.07 Å². The Morgan fingerprint density at radius 3 is 2.61 bits per heavy atom. The maximum atomic E-state index is 12.8. The van der Waals surface area contributed by atoms with E-state index in [1.54, 1.807) is 0 Å². The van der Waals surface area contributed by atoms with Crippen LogP contribution in [0.25, 0.3) is 10.9 Å². The minimum absolute atomic E-state index is 0.0322. The van der Waals surface area contributed by atoms with Gasteiger partial charge in [0.2, 0.25) is 0 Å². The van der Waals surface area contributed by atoms with Crippen molar-refractivity contribution >= 4 is 39.5 Å². The standard InChI is InChI=1S/C11H7F3INO2/c1-18-10(17)9-7(15)5-3-2-4-6(8(5)16-9)11(12,13)14/h2-4,16H,1H3. The van der Waals surface area contributed by atoms with Gasteiger partial charge in [0.15, 0.2) is 0 Å². The summed E-state index contributed by atoms with van der Waals surface area (Å²) in [5.74, 6) is -0.691. The number of carbonyl (C=O) groups excluding carboxylic acids is 1. The molecular formula is C11H7F3INO2. The number of halogens is 4. The zero-order valence-corrected chi connectivity index (χ0v) is 11.2. The molecule has 0 aliphatic heterocycles. The molecule has 3 nitrogen and oxygen atoms in total. The SMILES string of the molecule is COC(=O)c1[nH]c2c(C(F)(F)F)cccc2c1I. The van der Waals surface area contributed by atoms with Crippen LogP contribution in [0.3, 0.4) is 0 Å². The molecule has 96 valence electrons. The van der Waals surface area contributed by atoms with Crippen LogP contribution in [0.5, 0.6) is 0 Å².